The molecule has 0 unspecified atom stereocenters. The lowest BCUT2D eigenvalue weighted by molar-refractivity contribution is -0.136. The van der Waals surface area contributed by atoms with E-state index in [0.717, 1.165) is 6.07 Å². The second-order valence-electron chi connectivity index (χ2n) is 7.08. The Morgan fingerprint density at radius 1 is 0.912 bits per heavy atom. The summed E-state index contributed by atoms with van der Waals surface area (Å²) in [5.74, 6) is -1.68. The third-order valence-electron chi connectivity index (χ3n) is 4.69. The van der Waals surface area contributed by atoms with E-state index in [1.165, 1.54) is 53.4 Å². The predicted octanol–water partition coefficient (Wildman–Crippen LogP) is 4.61. The Balaban J connectivity index is 1.52. The zero-order valence-corrected chi connectivity index (χ0v) is 17.3. The molecule has 0 aliphatic heterocycles. The first-order valence-corrected chi connectivity index (χ1v) is 9.82. The number of anilines is 2. The summed E-state index contributed by atoms with van der Waals surface area (Å²) in [6.45, 7) is 0.0464. The molecule has 0 saturated heterocycles. The summed E-state index contributed by atoms with van der Waals surface area (Å²) in [7, 11) is 0. The molecule has 3 aromatic heterocycles. The Hall–Kier alpha value is -4.54. The highest BCUT2D eigenvalue weighted by Crippen LogP contribution is 2.37. The summed E-state index contributed by atoms with van der Waals surface area (Å²) >= 11 is 0. The average Bonchev–Trinajstić information content (AvgIpc) is 3.48. The number of halogens is 3. The number of amides is 2. The van der Waals surface area contributed by atoms with Crippen molar-refractivity contribution < 1.29 is 31.6 Å². The molecule has 4 rings (SSSR count). The number of pyridine rings is 1. The highest BCUT2D eigenvalue weighted by molar-refractivity contribution is 6.04. The summed E-state index contributed by atoms with van der Waals surface area (Å²) < 4.78 is 52.6. The zero-order chi connectivity index (χ0) is 24.3. The number of hydrogen-bond donors (Lipinski definition) is 2. The third kappa shape index (κ3) is 5.09. The van der Waals surface area contributed by atoms with Gasteiger partial charge in [-0.05, 0) is 48.5 Å². The Kier molecular flexibility index (Phi) is 6.09. The van der Waals surface area contributed by atoms with E-state index in [4.69, 9.17) is 8.83 Å². The number of hydrogen-bond acceptors (Lipinski definition) is 5. The number of alkyl halides is 3. The molecule has 0 aliphatic rings. The number of furan rings is 2. The van der Waals surface area contributed by atoms with Crippen LogP contribution in [0.5, 0.6) is 0 Å². The van der Waals surface area contributed by atoms with Gasteiger partial charge in [-0.3, -0.25) is 14.4 Å². The normalized spacial score (nSPS) is 11.3. The van der Waals surface area contributed by atoms with E-state index in [0.29, 0.717) is 6.07 Å². The van der Waals surface area contributed by atoms with Gasteiger partial charge in [0.1, 0.15) is 5.76 Å². The second kappa shape index (κ2) is 9.14. The van der Waals surface area contributed by atoms with E-state index in [9.17, 15) is 27.6 Å². The van der Waals surface area contributed by atoms with Crippen LogP contribution in [-0.2, 0) is 12.7 Å². The smallest absolute Gasteiger partial charge is 0.418 e. The number of nitrogens with zero attached hydrogens (tertiary/aromatic N) is 1. The third-order valence-corrected chi connectivity index (χ3v) is 4.69. The van der Waals surface area contributed by atoms with Crippen LogP contribution in [0.15, 0.2) is 86.8 Å². The standard InChI is InChI=1S/C23H16F3N3O5/c24-23(25,26)16-12-14(27-21(31)18-4-3-11-33-18)6-8-17(16)28-22(32)19-9-7-15(34-19)13-29-10-2-1-5-20(29)30/h1-12H,13H2,(H,27,31)(H,28,32). The molecule has 0 aliphatic carbocycles. The molecule has 0 bridgehead atoms. The fourth-order valence-corrected chi connectivity index (χ4v) is 3.09. The van der Waals surface area contributed by atoms with Gasteiger partial charge in [0.25, 0.3) is 17.4 Å². The molecule has 3 heterocycles. The van der Waals surface area contributed by atoms with Crippen LogP contribution in [0.3, 0.4) is 0 Å². The zero-order valence-electron chi connectivity index (χ0n) is 17.3. The molecular formula is C23H16F3N3O5. The van der Waals surface area contributed by atoms with Crippen molar-refractivity contribution >= 4 is 23.2 Å². The maximum absolute atomic E-state index is 13.6. The van der Waals surface area contributed by atoms with Gasteiger partial charge in [0.05, 0.1) is 24.1 Å². The van der Waals surface area contributed by atoms with E-state index in [1.54, 1.807) is 12.1 Å². The second-order valence-corrected chi connectivity index (χ2v) is 7.08. The number of nitrogens with one attached hydrogen (secondary N) is 2. The minimum absolute atomic E-state index is 0.0464. The van der Waals surface area contributed by atoms with Crippen LogP contribution >= 0.6 is 0 Å². The Labute approximate surface area is 189 Å². The summed E-state index contributed by atoms with van der Waals surface area (Å²) in [6.07, 6.45) is -2.03. The molecule has 11 heteroatoms. The Morgan fingerprint density at radius 3 is 2.41 bits per heavy atom. The van der Waals surface area contributed by atoms with Crippen LogP contribution in [0.1, 0.15) is 32.4 Å². The van der Waals surface area contributed by atoms with E-state index >= 15 is 0 Å². The van der Waals surface area contributed by atoms with Gasteiger partial charge >= 0.3 is 6.18 Å². The minimum atomic E-state index is -4.82. The summed E-state index contributed by atoms with van der Waals surface area (Å²) in [6, 6.07) is 13.1. The van der Waals surface area contributed by atoms with E-state index < -0.39 is 29.2 Å². The molecule has 0 fully saturated rings. The van der Waals surface area contributed by atoms with Crippen molar-refractivity contribution in [2.24, 2.45) is 0 Å². The molecule has 1 aromatic carbocycles. The van der Waals surface area contributed by atoms with Gasteiger partial charge in [0, 0.05) is 18.0 Å². The van der Waals surface area contributed by atoms with Gasteiger partial charge in [-0.25, -0.2) is 0 Å². The van der Waals surface area contributed by atoms with Crippen LogP contribution in [0.2, 0.25) is 0 Å². The van der Waals surface area contributed by atoms with Crippen molar-refractivity contribution in [3.05, 3.63) is 106 Å². The minimum Gasteiger partial charge on any atom is -0.459 e. The molecule has 0 spiro atoms. The molecular weight excluding hydrogens is 455 g/mol. The predicted molar refractivity (Wildman–Crippen MR) is 115 cm³/mol. The van der Waals surface area contributed by atoms with Crippen LogP contribution in [0.25, 0.3) is 0 Å². The maximum Gasteiger partial charge on any atom is 0.418 e. The first-order chi connectivity index (χ1) is 16.2. The van der Waals surface area contributed by atoms with Crippen LogP contribution in [0, 0.1) is 0 Å². The van der Waals surface area contributed by atoms with Crippen LogP contribution < -0.4 is 16.2 Å². The highest BCUT2D eigenvalue weighted by atomic mass is 19.4. The SMILES string of the molecule is O=C(Nc1ccc(NC(=O)c2ccc(Cn3ccccc3=O)o2)c(C(F)(F)F)c1)c1ccco1. The van der Waals surface area contributed by atoms with Gasteiger partial charge in [0.2, 0.25) is 0 Å². The van der Waals surface area contributed by atoms with Gasteiger partial charge in [-0.2, -0.15) is 13.2 Å². The topological polar surface area (TPSA) is 106 Å². The maximum atomic E-state index is 13.6. The molecule has 4 aromatic rings. The van der Waals surface area contributed by atoms with Crippen molar-refractivity contribution in [1.29, 1.82) is 0 Å². The lowest BCUT2D eigenvalue weighted by Crippen LogP contribution is -2.18. The number of aromatic nitrogens is 1. The van der Waals surface area contributed by atoms with E-state index in [-0.39, 0.29) is 35.1 Å². The molecule has 2 N–H and O–H groups in total. The van der Waals surface area contributed by atoms with Crippen LogP contribution in [-0.4, -0.2) is 16.4 Å². The van der Waals surface area contributed by atoms with Gasteiger partial charge in [-0.1, -0.05) is 6.07 Å². The first-order valence-electron chi connectivity index (χ1n) is 9.82. The number of carbonyl (C=O) groups is 2. The quantitative estimate of drug-likeness (QED) is 0.427. The van der Waals surface area contributed by atoms with Crippen molar-refractivity contribution in [2.45, 2.75) is 12.7 Å². The molecule has 174 valence electrons. The summed E-state index contributed by atoms with van der Waals surface area (Å²) in [5, 5.41) is 4.49. The fraction of sp³-hybridized carbons (Fsp3) is 0.0870. The number of rotatable bonds is 6. The number of carbonyl (C=O) groups excluding carboxylic acids is 2. The molecule has 0 radical (unpaired) electrons. The van der Waals surface area contributed by atoms with E-state index in [1.807, 2.05) is 0 Å². The van der Waals surface area contributed by atoms with Gasteiger partial charge in [-0.15, -0.1) is 0 Å². The van der Waals surface area contributed by atoms with Crippen molar-refractivity contribution in [2.75, 3.05) is 10.6 Å². The molecule has 8 nitrogen and oxygen atoms in total. The van der Waals surface area contributed by atoms with E-state index in [2.05, 4.69) is 10.6 Å². The van der Waals surface area contributed by atoms with Gasteiger partial charge in [0.15, 0.2) is 11.5 Å². The lowest BCUT2D eigenvalue weighted by atomic mass is 10.1. The fourth-order valence-electron chi connectivity index (χ4n) is 3.09. The monoisotopic (exact) mass is 471 g/mol. The van der Waals surface area contributed by atoms with Gasteiger partial charge < -0.3 is 24.0 Å². The summed E-state index contributed by atoms with van der Waals surface area (Å²) in [5.41, 5.74) is -2.11. The number of benzene rings is 1. The first kappa shape index (κ1) is 22.6. The molecule has 0 saturated carbocycles. The van der Waals surface area contributed by atoms with Crippen LogP contribution in [0.4, 0.5) is 24.5 Å². The van der Waals surface area contributed by atoms with Crippen molar-refractivity contribution in [1.82, 2.24) is 4.57 Å². The Bertz CT molecular complexity index is 1390. The van der Waals surface area contributed by atoms with Crippen molar-refractivity contribution in [3.8, 4) is 0 Å². The highest BCUT2D eigenvalue weighted by Gasteiger charge is 2.34. The average molecular weight is 471 g/mol. The van der Waals surface area contributed by atoms with Crippen molar-refractivity contribution in [3.63, 3.8) is 0 Å². The molecule has 0 atom stereocenters. The summed E-state index contributed by atoms with van der Waals surface area (Å²) in [4.78, 5) is 36.4. The molecule has 2 amide bonds. The lowest BCUT2D eigenvalue weighted by Gasteiger charge is -2.15. The largest absolute Gasteiger partial charge is 0.459 e. The molecule has 34 heavy (non-hydrogen) atoms. The Morgan fingerprint density at radius 2 is 1.71 bits per heavy atom.